The van der Waals surface area contributed by atoms with E-state index >= 15 is 0 Å². The average Bonchev–Trinajstić information content (AvgIpc) is 3.48. The third-order valence-electron chi connectivity index (χ3n) is 5.76. The Morgan fingerprint density at radius 1 is 1.06 bits per heavy atom. The van der Waals surface area contributed by atoms with E-state index in [1.165, 1.54) is 16.9 Å². The van der Waals surface area contributed by atoms with Gasteiger partial charge in [0.1, 0.15) is 22.9 Å². The van der Waals surface area contributed by atoms with Crippen LogP contribution in [0.1, 0.15) is 23.3 Å². The van der Waals surface area contributed by atoms with Gasteiger partial charge in [0.2, 0.25) is 5.91 Å². The average molecular weight is 429 g/mol. The normalized spacial score (nSPS) is 13.5. The zero-order valence-electron chi connectivity index (χ0n) is 16.8. The number of rotatable bonds is 4. The van der Waals surface area contributed by atoms with Crippen molar-refractivity contribution in [1.29, 1.82) is 0 Å². The number of hydrogen-bond donors (Lipinski definition) is 2. The number of nitrogens with zero attached hydrogens (tertiary/aromatic N) is 4. The fraction of sp³-hybridized carbons (Fsp3) is 0.217. The Hall–Kier alpha value is -3.52. The fourth-order valence-electron chi connectivity index (χ4n) is 4.31. The number of thiophene rings is 1. The monoisotopic (exact) mass is 428 g/mol. The molecule has 2 N–H and O–H groups in total. The van der Waals surface area contributed by atoms with Crippen molar-refractivity contribution in [2.75, 3.05) is 5.32 Å². The van der Waals surface area contributed by atoms with E-state index in [4.69, 9.17) is 4.98 Å². The van der Waals surface area contributed by atoms with Crippen LogP contribution in [0.5, 0.6) is 0 Å². The molecule has 2 aromatic carbocycles. The van der Waals surface area contributed by atoms with E-state index in [0.717, 1.165) is 57.7 Å². The van der Waals surface area contributed by atoms with Gasteiger partial charge in [0, 0.05) is 4.88 Å². The molecule has 0 spiro atoms. The molecule has 0 atom stereocenters. The molecule has 5 aromatic rings. The van der Waals surface area contributed by atoms with Crippen molar-refractivity contribution in [3.8, 4) is 11.4 Å². The smallest absolute Gasteiger partial charge is 0.246 e. The number of nitrogens with one attached hydrogen (secondary N) is 2. The van der Waals surface area contributed by atoms with Crippen molar-refractivity contribution in [3.05, 3.63) is 59.0 Å². The van der Waals surface area contributed by atoms with Crippen LogP contribution in [-0.4, -0.2) is 30.9 Å². The third kappa shape index (κ3) is 3.19. The van der Waals surface area contributed by atoms with Crippen LogP contribution in [0.25, 0.3) is 33.5 Å². The minimum Gasteiger partial charge on any atom is -0.338 e. The van der Waals surface area contributed by atoms with Gasteiger partial charge in [-0.05, 0) is 55.5 Å². The van der Waals surface area contributed by atoms with E-state index in [2.05, 4.69) is 20.6 Å². The Balaban J connectivity index is 1.36. The highest BCUT2D eigenvalue weighted by Crippen LogP contribution is 2.43. The highest BCUT2D eigenvalue weighted by molar-refractivity contribution is 7.17. The Morgan fingerprint density at radius 2 is 1.87 bits per heavy atom. The second kappa shape index (κ2) is 7.31. The van der Waals surface area contributed by atoms with Crippen LogP contribution < -0.4 is 5.32 Å². The number of fused-ring (bicyclic) bond motifs is 3. The van der Waals surface area contributed by atoms with E-state index in [0.29, 0.717) is 0 Å². The number of benzene rings is 2. The standard InChI is InChI=1S/C23H20N6OS/c30-20(13-29-18-11-5-4-10-17(18)27-28-29)26-23-21(14-7-1-6-12-19(14)31-23)22-24-15-8-2-3-9-16(15)25-22/h2-5,8-11H,1,6-7,12-13H2,(H,24,25)(H,26,30). The highest BCUT2D eigenvalue weighted by Gasteiger charge is 2.25. The van der Waals surface area contributed by atoms with Gasteiger partial charge in [0.15, 0.2) is 0 Å². The molecule has 1 aliphatic rings. The first-order chi connectivity index (χ1) is 15.3. The van der Waals surface area contributed by atoms with Crippen LogP contribution in [-0.2, 0) is 24.2 Å². The second-order valence-electron chi connectivity index (χ2n) is 7.80. The summed E-state index contributed by atoms with van der Waals surface area (Å²) in [5, 5.41) is 12.3. The Kier molecular flexibility index (Phi) is 4.31. The minimum absolute atomic E-state index is 0.114. The first-order valence-electron chi connectivity index (χ1n) is 10.4. The van der Waals surface area contributed by atoms with Gasteiger partial charge < -0.3 is 10.3 Å². The lowest BCUT2D eigenvalue weighted by molar-refractivity contribution is -0.116. The van der Waals surface area contributed by atoms with Gasteiger partial charge in [-0.15, -0.1) is 16.4 Å². The topological polar surface area (TPSA) is 88.5 Å². The number of hydrogen-bond acceptors (Lipinski definition) is 5. The summed E-state index contributed by atoms with van der Waals surface area (Å²) in [4.78, 5) is 22.6. The highest BCUT2D eigenvalue weighted by atomic mass is 32.1. The number of carbonyl (C=O) groups excluding carboxylic acids is 1. The maximum absolute atomic E-state index is 13.0. The van der Waals surface area contributed by atoms with Gasteiger partial charge in [-0.3, -0.25) is 4.79 Å². The van der Waals surface area contributed by atoms with E-state index in [-0.39, 0.29) is 12.5 Å². The van der Waals surface area contributed by atoms with Crippen molar-refractivity contribution in [2.45, 2.75) is 32.2 Å². The summed E-state index contributed by atoms with van der Waals surface area (Å²) < 4.78 is 1.64. The predicted octanol–water partition coefficient (Wildman–Crippen LogP) is 4.55. The molecule has 0 fully saturated rings. The largest absolute Gasteiger partial charge is 0.338 e. The molecule has 7 nitrogen and oxygen atoms in total. The molecule has 1 aliphatic carbocycles. The summed E-state index contributed by atoms with van der Waals surface area (Å²) in [6, 6.07) is 15.7. The molecule has 0 radical (unpaired) electrons. The molecule has 8 heteroatoms. The lowest BCUT2D eigenvalue weighted by Crippen LogP contribution is -2.19. The SMILES string of the molecule is O=C(Cn1nnc2ccccc21)Nc1sc2c(c1-c1nc3ccccc3[nH]1)CCCC2. The molecule has 3 aromatic heterocycles. The molecule has 31 heavy (non-hydrogen) atoms. The number of carbonyl (C=O) groups is 1. The maximum atomic E-state index is 13.0. The minimum atomic E-state index is -0.119. The van der Waals surface area contributed by atoms with E-state index in [1.807, 2.05) is 48.5 Å². The molecule has 0 saturated heterocycles. The summed E-state index contributed by atoms with van der Waals surface area (Å²) in [6.45, 7) is 0.114. The van der Waals surface area contributed by atoms with Crippen molar-refractivity contribution >= 4 is 44.3 Å². The van der Waals surface area contributed by atoms with Crippen LogP contribution in [0, 0.1) is 0 Å². The molecule has 3 heterocycles. The molecule has 0 bridgehead atoms. The molecule has 1 amide bonds. The fourth-order valence-corrected chi connectivity index (χ4v) is 5.62. The molecular formula is C23H20N6OS. The Labute approximate surface area is 182 Å². The van der Waals surface area contributed by atoms with Gasteiger partial charge >= 0.3 is 0 Å². The van der Waals surface area contributed by atoms with Crippen LogP contribution in [0.4, 0.5) is 5.00 Å². The van der Waals surface area contributed by atoms with Crippen molar-refractivity contribution in [1.82, 2.24) is 25.0 Å². The van der Waals surface area contributed by atoms with Crippen LogP contribution in [0.3, 0.4) is 0 Å². The first-order valence-corrected chi connectivity index (χ1v) is 11.3. The van der Waals surface area contributed by atoms with Crippen LogP contribution in [0.2, 0.25) is 0 Å². The summed E-state index contributed by atoms with van der Waals surface area (Å²) in [5.41, 5.74) is 5.91. The van der Waals surface area contributed by atoms with Gasteiger partial charge in [-0.1, -0.05) is 29.5 Å². The Morgan fingerprint density at radius 3 is 2.77 bits per heavy atom. The number of H-pyrrole nitrogens is 1. The van der Waals surface area contributed by atoms with E-state index in [1.54, 1.807) is 16.0 Å². The van der Waals surface area contributed by atoms with E-state index in [9.17, 15) is 4.79 Å². The van der Waals surface area contributed by atoms with Crippen molar-refractivity contribution < 1.29 is 4.79 Å². The summed E-state index contributed by atoms with van der Waals surface area (Å²) in [7, 11) is 0. The van der Waals surface area contributed by atoms with Crippen LogP contribution >= 0.6 is 11.3 Å². The third-order valence-corrected chi connectivity index (χ3v) is 6.97. The zero-order valence-corrected chi connectivity index (χ0v) is 17.6. The van der Waals surface area contributed by atoms with Gasteiger partial charge in [0.25, 0.3) is 0 Å². The Bertz CT molecular complexity index is 1400. The summed E-state index contributed by atoms with van der Waals surface area (Å²) in [6.07, 6.45) is 4.42. The summed E-state index contributed by atoms with van der Waals surface area (Å²) in [5.74, 6) is 0.703. The first kappa shape index (κ1) is 18.3. The number of aromatic nitrogens is 5. The molecule has 0 unspecified atom stereocenters. The van der Waals surface area contributed by atoms with Crippen LogP contribution in [0.15, 0.2) is 48.5 Å². The second-order valence-corrected chi connectivity index (χ2v) is 8.91. The van der Waals surface area contributed by atoms with Gasteiger partial charge in [-0.2, -0.15) is 0 Å². The predicted molar refractivity (Wildman–Crippen MR) is 122 cm³/mol. The molecule has 0 aliphatic heterocycles. The molecule has 0 saturated carbocycles. The summed E-state index contributed by atoms with van der Waals surface area (Å²) >= 11 is 1.67. The number of para-hydroxylation sites is 3. The van der Waals surface area contributed by atoms with E-state index < -0.39 is 0 Å². The number of aryl methyl sites for hydroxylation is 1. The van der Waals surface area contributed by atoms with Gasteiger partial charge in [0.05, 0.1) is 22.1 Å². The molecule has 154 valence electrons. The molecule has 6 rings (SSSR count). The van der Waals surface area contributed by atoms with Gasteiger partial charge in [-0.25, -0.2) is 9.67 Å². The van der Waals surface area contributed by atoms with Crippen molar-refractivity contribution in [2.24, 2.45) is 0 Å². The van der Waals surface area contributed by atoms with Crippen molar-refractivity contribution in [3.63, 3.8) is 0 Å². The molecular weight excluding hydrogens is 408 g/mol. The number of anilines is 1. The lowest BCUT2D eigenvalue weighted by Gasteiger charge is -2.12. The number of amides is 1. The lowest BCUT2D eigenvalue weighted by atomic mass is 9.95. The zero-order chi connectivity index (χ0) is 20.8. The maximum Gasteiger partial charge on any atom is 0.246 e. The quantitative estimate of drug-likeness (QED) is 0.439. The number of imidazole rings is 1. The number of aromatic amines is 1.